The molecule has 4 unspecified atom stereocenters. The van der Waals surface area contributed by atoms with Gasteiger partial charge in [0.05, 0.1) is 11.0 Å². The Labute approximate surface area is 147 Å². The van der Waals surface area contributed by atoms with E-state index in [1.807, 2.05) is 13.0 Å². The predicted molar refractivity (Wildman–Crippen MR) is 97.1 cm³/mol. The van der Waals surface area contributed by atoms with Crippen molar-refractivity contribution in [3.05, 3.63) is 30.3 Å². The number of rotatable bonds is 6. The largest absolute Gasteiger partial charge is 0.413 e. The third-order valence-corrected chi connectivity index (χ3v) is 10.4. The van der Waals surface area contributed by atoms with Crippen LogP contribution in [0.25, 0.3) is 0 Å². The molecule has 2 rings (SSSR count). The van der Waals surface area contributed by atoms with Crippen LogP contribution in [0, 0.1) is 5.92 Å². The molecule has 1 amide bonds. The first-order valence-electron chi connectivity index (χ1n) is 8.15. The molecule has 1 aliphatic rings. The molecule has 1 heterocycles. The lowest BCUT2D eigenvalue weighted by molar-refractivity contribution is -0.150. The maximum atomic E-state index is 12.3. The van der Waals surface area contributed by atoms with Crippen molar-refractivity contribution in [3.8, 4) is 0 Å². The minimum absolute atomic E-state index is 0.0602. The second-order valence-corrected chi connectivity index (χ2v) is 13.6. The van der Waals surface area contributed by atoms with Gasteiger partial charge in [0.15, 0.2) is 25.6 Å². The van der Waals surface area contributed by atoms with E-state index < -0.39 is 31.5 Å². The number of amides is 1. The first-order valence-corrected chi connectivity index (χ1v) is 12.1. The van der Waals surface area contributed by atoms with Crippen molar-refractivity contribution in [2.24, 2.45) is 5.92 Å². The molecule has 5 nitrogen and oxygen atoms in total. The van der Waals surface area contributed by atoms with Gasteiger partial charge in [-0.05, 0) is 37.2 Å². The summed E-state index contributed by atoms with van der Waals surface area (Å²) in [5, 5.41) is 2.74. The van der Waals surface area contributed by atoms with Crippen molar-refractivity contribution >= 4 is 25.3 Å². The van der Waals surface area contributed by atoms with Gasteiger partial charge in [0.25, 0.3) is 0 Å². The summed E-state index contributed by atoms with van der Waals surface area (Å²) in [5.74, 6) is -0.553. The quantitative estimate of drug-likeness (QED) is 0.618. The molecule has 4 atom stereocenters. The lowest BCUT2D eigenvalue weighted by Crippen LogP contribution is -2.64. The molecule has 1 saturated heterocycles. The Morgan fingerprint density at radius 3 is 2.29 bits per heavy atom. The predicted octanol–water partition coefficient (Wildman–Crippen LogP) is 3.21. The minimum Gasteiger partial charge on any atom is -0.413 e. The van der Waals surface area contributed by atoms with Gasteiger partial charge in [0.1, 0.15) is 5.92 Å². The van der Waals surface area contributed by atoms with Crippen LogP contribution in [0.15, 0.2) is 35.2 Å². The van der Waals surface area contributed by atoms with Crippen molar-refractivity contribution in [1.82, 2.24) is 5.32 Å². The summed E-state index contributed by atoms with van der Waals surface area (Å²) in [6.07, 6.45) is -0.865. The Balaban J connectivity index is 2.02. The smallest absolute Gasteiger partial charge is 0.232 e. The Morgan fingerprint density at radius 1 is 1.21 bits per heavy atom. The maximum absolute atomic E-state index is 12.3. The first-order chi connectivity index (χ1) is 11.0. The van der Waals surface area contributed by atoms with Gasteiger partial charge in [0.2, 0.25) is 5.91 Å². The van der Waals surface area contributed by atoms with Crippen molar-refractivity contribution in [2.45, 2.75) is 63.1 Å². The van der Waals surface area contributed by atoms with Gasteiger partial charge in [-0.25, -0.2) is 4.21 Å². The van der Waals surface area contributed by atoms with Crippen LogP contribution in [0.2, 0.25) is 18.1 Å². The van der Waals surface area contributed by atoms with E-state index in [2.05, 4.69) is 39.2 Å². The van der Waals surface area contributed by atoms with E-state index in [1.165, 1.54) is 0 Å². The number of carbonyl (C=O) groups excluding carboxylic acids is 1. The molecule has 0 saturated carbocycles. The fraction of sp³-hybridized carbons (Fsp3) is 0.588. The second-order valence-electron chi connectivity index (χ2n) is 7.68. The number of β-lactam (4-membered cyclic amide) rings is 1. The highest BCUT2D eigenvalue weighted by Gasteiger charge is 2.49. The standard InChI is InChI=1S/C17H27NO4SSi/c1-12(22-24(5,6)17(2,3)4)14-15(19)18-16(14)21-23(20)13-10-8-7-9-11-13/h7-12,14,16H,1-6H3,(H,18,19). The zero-order chi connectivity index (χ0) is 18.1. The van der Waals surface area contributed by atoms with E-state index >= 15 is 0 Å². The maximum Gasteiger partial charge on any atom is 0.232 e. The molecule has 0 bridgehead atoms. The van der Waals surface area contributed by atoms with E-state index in [0.717, 1.165) is 0 Å². The fourth-order valence-corrected chi connectivity index (χ4v) is 4.58. The highest BCUT2D eigenvalue weighted by atomic mass is 32.2. The van der Waals surface area contributed by atoms with Gasteiger partial charge in [-0.2, -0.15) is 0 Å². The summed E-state index contributed by atoms with van der Waals surface area (Å²) < 4.78 is 24.1. The highest BCUT2D eigenvalue weighted by Crippen LogP contribution is 2.39. The summed E-state index contributed by atoms with van der Waals surface area (Å²) in [6.45, 7) is 12.7. The molecule has 1 aromatic rings. The lowest BCUT2D eigenvalue weighted by atomic mass is 9.94. The van der Waals surface area contributed by atoms with Crippen molar-refractivity contribution < 1.29 is 17.6 Å². The van der Waals surface area contributed by atoms with Crippen molar-refractivity contribution in [1.29, 1.82) is 0 Å². The van der Waals surface area contributed by atoms with Crippen molar-refractivity contribution in [3.63, 3.8) is 0 Å². The molecule has 0 spiro atoms. The van der Waals surface area contributed by atoms with Crippen LogP contribution in [-0.2, 0) is 24.5 Å². The van der Waals surface area contributed by atoms with Gasteiger partial charge < -0.3 is 9.74 Å². The monoisotopic (exact) mass is 369 g/mol. The van der Waals surface area contributed by atoms with E-state index in [9.17, 15) is 9.00 Å². The number of hydrogen-bond donors (Lipinski definition) is 1. The fourth-order valence-electron chi connectivity index (χ4n) is 2.31. The zero-order valence-corrected chi connectivity index (χ0v) is 17.0. The molecule has 0 aliphatic carbocycles. The number of nitrogens with one attached hydrogen (secondary N) is 1. The molecule has 1 aliphatic heterocycles. The average Bonchev–Trinajstić information content (AvgIpc) is 2.45. The Hall–Kier alpha value is -1.02. The van der Waals surface area contributed by atoms with Crippen LogP contribution in [0.3, 0.4) is 0 Å². The van der Waals surface area contributed by atoms with E-state index in [4.69, 9.17) is 8.61 Å². The summed E-state index contributed by atoms with van der Waals surface area (Å²) in [5.41, 5.74) is 0. The summed E-state index contributed by atoms with van der Waals surface area (Å²) in [7, 11) is -1.99. The van der Waals surface area contributed by atoms with Gasteiger partial charge in [-0.15, -0.1) is 0 Å². The molecule has 1 N–H and O–H groups in total. The van der Waals surface area contributed by atoms with Gasteiger partial charge in [-0.1, -0.05) is 39.0 Å². The molecule has 0 radical (unpaired) electrons. The van der Waals surface area contributed by atoms with Crippen LogP contribution in [0.4, 0.5) is 0 Å². The average molecular weight is 370 g/mol. The second kappa shape index (κ2) is 7.07. The van der Waals surface area contributed by atoms with Crippen molar-refractivity contribution in [2.75, 3.05) is 0 Å². The van der Waals surface area contributed by atoms with E-state index in [-0.39, 0.29) is 17.0 Å². The van der Waals surface area contributed by atoms with E-state index in [0.29, 0.717) is 4.90 Å². The molecule has 1 aromatic carbocycles. The molecule has 24 heavy (non-hydrogen) atoms. The normalized spacial score (nSPS) is 24.0. The SMILES string of the molecule is CC(O[Si](C)(C)C(C)(C)C)C1C(=O)NC1OS(=O)c1ccccc1. The lowest BCUT2D eigenvalue weighted by Gasteiger charge is -2.44. The van der Waals surface area contributed by atoms with E-state index in [1.54, 1.807) is 24.3 Å². The summed E-state index contributed by atoms with van der Waals surface area (Å²) in [6, 6.07) is 8.93. The van der Waals surface area contributed by atoms with Crippen LogP contribution in [0.5, 0.6) is 0 Å². The van der Waals surface area contributed by atoms with Gasteiger partial charge >= 0.3 is 0 Å². The van der Waals surface area contributed by atoms with Crippen LogP contribution >= 0.6 is 0 Å². The molecule has 134 valence electrons. The third-order valence-electron chi connectivity index (χ3n) is 4.83. The van der Waals surface area contributed by atoms with Crippen LogP contribution in [0.1, 0.15) is 27.7 Å². The number of carbonyl (C=O) groups is 1. The molecule has 0 aromatic heterocycles. The number of hydrogen-bond acceptors (Lipinski definition) is 4. The topological polar surface area (TPSA) is 64.6 Å². The third kappa shape index (κ3) is 4.14. The van der Waals surface area contributed by atoms with Gasteiger partial charge in [0, 0.05) is 0 Å². The summed E-state index contributed by atoms with van der Waals surface area (Å²) >= 11 is -1.61. The summed E-state index contributed by atoms with van der Waals surface area (Å²) in [4.78, 5) is 12.6. The Kier molecular flexibility index (Phi) is 5.69. The Bertz CT molecular complexity index is 615. The van der Waals surface area contributed by atoms with Gasteiger partial charge in [-0.3, -0.25) is 8.98 Å². The zero-order valence-electron chi connectivity index (χ0n) is 15.2. The van der Waals surface area contributed by atoms with Crippen LogP contribution in [-0.4, -0.2) is 30.8 Å². The van der Waals surface area contributed by atoms with Crippen LogP contribution < -0.4 is 5.32 Å². The Morgan fingerprint density at radius 2 is 1.79 bits per heavy atom. The molecule has 7 heteroatoms. The molecule has 1 fully saturated rings. The minimum atomic E-state index is -1.99. The number of benzene rings is 1. The molecular formula is C17H27NO4SSi. The first kappa shape index (κ1) is 19.3. The highest BCUT2D eigenvalue weighted by molar-refractivity contribution is 7.80. The molecular weight excluding hydrogens is 342 g/mol.